The number of hydrogen-bond acceptors (Lipinski definition) is 7. The number of rotatable bonds is 4. The van der Waals surface area contributed by atoms with Crippen LogP contribution >= 0.6 is 0 Å². The Morgan fingerprint density at radius 3 is 2.54 bits per heavy atom. The summed E-state index contributed by atoms with van der Waals surface area (Å²) in [5.74, 6) is 0.745. The molecule has 26 heavy (non-hydrogen) atoms. The maximum Gasteiger partial charge on any atom is 0.244 e. The molecule has 0 aliphatic carbocycles. The molecule has 3 heterocycles. The molecule has 0 unspecified atom stereocenters. The largest absolute Gasteiger partial charge is 0.443 e. The second-order valence-corrected chi connectivity index (χ2v) is 5.54. The highest BCUT2D eigenvalue weighted by atomic mass is 19.1. The van der Waals surface area contributed by atoms with Gasteiger partial charge in [-0.15, -0.1) is 0 Å². The number of oxazole rings is 1. The van der Waals surface area contributed by atoms with Crippen LogP contribution in [0.25, 0.3) is 23.1 Å². The molecule has 0 fully saturated rings. The first kappa shape index (κ1) is 15.8. The average Bonchev–Trinajstić information content (AvgIpc) is 3.25. The third-order valence-corrected chi connectivity index (χ3v) is 3.70. The molecule has 0 aliphatic rings. The Hall–Kier alpha value is -3.75. The van der Waals surface area contributed by atoms with Gasteiger partial charge in [0.2, 0.25) is 5.89 Å². The lowest BCUT2D eigenvalue weighted by Crippen LogP contribution is -2.06. The fraction of sp³-hybridized carbons (Fsp3) is 0.0588. The van der Waals surface area contributed by atoms with Crippen LogP contribution in [0, 0.1) is 5.82 Å². The number of anilines is 2. The van der Waals surface area contributed by atoms with Crippen molar-refractivity contribution in [3.05, 3.63) is 60.2 Å². The zero-order chi connectivity index (χ0) is 18.1. The molecule has 0 radical (unpaired) electrons. The van der Waals surface area contributed by atoms with E-state index in [4.69, 9.17) is 15.9 Å². The van der Waals surface area contributed by atoms with E-state index in [-0.39, 0.29) is 29.8 Å². The predicted molar refractivity (Wildman–Crippen MR) is 93.1 cm³/mol. The van der Waals surface area contributed by atoms with Crippen LogP contribution in [0.2, 0.25) is 0 Å². The van der Waals surface area contributed by atoms with Gasteiger partial charge in [-0.3, -0.25) is 4.68 Å². The van der Waals surface area contributed by atoms with Crippen molar-refractivity contribution in [1.29, 1.82) is 0 Å². The molecule has 4 N–H and O–H groups in total. The molecule has 0 saturated carbocycles. The minimum absolute atomic E-state index is 0.183. The standard InChI is InChI=1S/C17H14FN7O/c18-11-4-2-1-3-10(11)9-25-13(17-21-5-6-26-17)7-12(24-25)16-22-14(19)8-15(20)23-16/h1-8H,9H2,(H4,19,20,22,23). The maximum absolute atomic E-state index is 14.0. The zero-order valence-corrected chi connectivity index (χ0v) is 13.5. The number of nitrogens with two attached hydrogens (primary N) is 2. The number of halogens is 1. The Morgan fingerprint density at radius 1 is 1.08 bits per heavy atom. The van der Waals surface area contributed by atoms with Gasteiger partial charge in [0.15, 0.2) is 5.82 Å². The first-order chi connectivity index (χ1) is 12.6. The fourth-order valence-corrected chi connectivity index (χ4v) is 2.56. The molecule has 0 bridgehead atoms. The lowest BCUT2D eigenvalue weighted by molar-refractivity contribution is 0.553. The van der Waals surface area contributed by atoms with E-state index >= 15 is 0 Å². The van der Waals surface area contributed by atoms with Crippen molar-refractivity contribution in [2.24, 2.45) is 0 Å². The summed E-state index contributed by atoms with van der Waals surface area (Å²) in [5, 5.41) is 4.47. The topological polar surface area (TPSA) is 122 Å². The van der Waals surface area contributed by atoms with Crippen molar-refractivity contribution < 1.29 is 8.81 Å². The molecule has 8 nitrogen and oxygen atoms in total. The summed E-state index contributed by atoms with van der Waals surface area (Å²) in [6.07, 6.45) is 2.97. The van der Waals surface area contributed by atoms with E-state index in [1.165, 1.54) is 24.6 Å². The van der Waals surface area contributed by atoms with Crippen molar-refractivity contribution in [3.8, 4) is 23.1 Å². The van der Waals surface area contributed by atoms with Gasteiger partial charge >= 0.3 is 0 Å². The molecule has 0 atom stereocenters. The minimum Gasteiger partial charge on any atom is -0.443 e. The third-order valence-electron chi connectivity index (χ3n) is 3.70. The van der Waals surface area contributed by atoms with Crippen molar-refractivity contribution in [2.75, 3.05) is 11.5 Å². The van der Waals surface area contributed by atoms with Crippen LogP contribution < -0.4 is 11.5 Å². The van der Waals surface area contributed by atoms with E-state index in [1.807, 2.05) is 0 Å². The molecule has 0 saturated heterocycles. The van der Waals surface area contributed by atoms with Gasteiger partial charge in [-0.1, -0.05) is 18.2 Å². The van der Waals surface area contributed by atoms with Gasteiger partial charge in [0, 0.05) is 17.7 Å². The Balaban J connectivity index is 1.82. The van der Waals surface area contributed by atoms with E-state index in [0.29, 0.717) is 22.8 Å². The summed E-state index contributed by atoms with van der Waals surface area (Å²) < 4.78 is 21.0. The summed E-state index contributed by atoms with van der Waals surface area (Å²) in [5.41, 5.74) is 12.9. The fourth-order valence-electron chi connectivity index (χ4n) is 2.56. The van der Waals surface area contributed by atoms with Crippen LogP contribution in [0.5, 0.6) is 0 Å². The first-order valence-electron chi connectivity index (χ1n) is 7.71. The Morgan fingerprint density at radius 2 is 1.85 bits per heavy atom. The van der Waals surface area contributed by atoms with Crippen LogP contribution in [0.1, 0.15) is 5.56 Å². The Kier molecular flexibility index (Phi) is 3.81. The maximum atomic E-state index is 14.0. The highest BCUT2D eigenvalue weighted by Crippen LogP contribution is 2.25. The van der Waals surface area contributed by atoms with Crippen molar-refractivity contribution in [2.45, 2.75) is 6.54 Å². The van der Waals surface area contributed by atoms with Crippen LogP contribution in [0.4, 0.5) is 16.0 Å². The van der Waals surface area contributed by atoms with Crippen LogP contribution in [0.3, 0.4) is 0 Å². The van der Waals surface area contributed by atoms with Crippen LogP contribution in [0.15, 0.2) is 53.3 Å². The monoisotopic (exact) mass is 351 g/mol. The number of aromatic nitrogens is 5. The molecule has 9 heteroatoms. The van der Waals surface area contributed by atoms with Gasteiger partial charge in [-0.2, -0.15) is 5.10 Å². The van der Waals surface area contributed by atoms with E-state index in [2.05, 4.69) is 20.1 Å². The second kappa shape index (κ2) is 6.28. The molecule has 0 amide bonds. The van der Waals surface area contributed by atoms with Gasteiger partial charge in [-0.05, 0) is 6.07 Å². The summed E-state index contributed by atoms with van der Waals surface area (Å²) >= 11 is 0. The van der Waals surface area contributed by atoms with Gasteiger partial charge in [0.1, 0.15) is 35.1 Å². The van der Waals surface area contributed by atoms with Gasteiger partial charge in [0.25, 0.3) is 0 Å². The number of nitrogen functional groups attached to an aromatic ring is 2. The molecule has 3 aromatic heterocycles. The van der Waals surface area contributed by atoms with E-state index < -0.39 is 0 Å². The number of hydrogen-bond donors (Lipinski definition) is 2. The van der Waals surface area contributed by atoms with Crippen molar-refractivity contribution >= 4 is 11.6 Å². The van der Waals surface area contributed by atoms with Crippen LogP contribution in [-0.2, 0) is 6.54 Å². The van der Waals surface area contributed by atoms with E-state index in [1.54, 1.807) is 28.9 Å². The highest BCUT2D eigenvalue weighted by molar-refractivity contribution is 5.62. The lowest BCUT2D eigenvalue weighted by Gasteiger charge is -2.06. The summed E-state index contributed by atoms with van der Waals surface area (Å²) in [4.78, 5) is 12.4. The molecule has 4 aromatic rings. The van der Waals surface area contributed by atoms with Gasteiger partial charge in [0.05, 0.1) is 12.7 Å². The first-order valence-corrected chi connectivity index (χ1v) is 7.71. The van der Waals surface area contributed by atoms with Crippen molar-refractivity contribution in [1.82, 2.24) is 24.7 Å². The van der Waals surface area contributed by atoms with Gasteiger partial charge < -0.3 is 15.9 Å². The van der Waals surface area contributed by atoms with Crippen LogP contribution in [-0.4, -0.2) is 24.7 Å². The minimum atomic E-state index is -0.327. The molecular formula is C17H14FN7O. The second-order valence-electron chi connectivity index (χ2n) is 5.54. The smallest absolute Gasteiger partial charge is 0.244 e. The molecule has 0 spiro atoms. The Labute approximate surface area is 147 Å². The number of nitrogens with zero attached hydrogens (tertiary/aromatic N) is 5. The molecular weight excluding hydrogens is 337 g/mol. The SMILES string of the molecule is Nc1cc(N)nc(-c2cc(-c3ncco3)n(Cc3ccccc3F)n2)n1. The molecule has 1 aromatic carbocycles. The summed E-state index contributed by atoms with van der Waals surface area (Å²) in [6, 6.07) is 9.62. The van der Waals surface area contributed by atoms with Crippen molar-refractivity contribution in [3.63, 3.8) is 0 Å². The highest BCUT2D eigenvalue weighted by Gasteiger charge is 2.18. The van der Waals surface area contributed by atoms with Gasteiger partial charge in [-0.25, -0.2) is 19.3 Å². The average molecular weight is 351 g/mol. The normalized spacial score (nSPS) is 11.0. The number of benzene rings is 1. The summed E-state index contributed by atoms with van der Waals surface area (Å²) in [6.45, 7) is 0.183. The van der Waals surface area contributed by atoms with E-state index in [0.717, 1.165) is 0 Å². The molecule has 4 rings (SSSR count). The third kappa shape index (κ3) is 2.97. The summed E-state index contributed by atoms with van der Waals surface area (Å²) in [7, 11) is 0. The predicted octanol–water partition coefficient (Wildman–Crippen LogP) is 2.35. The quantitative estimate of drug-likeness (QED) is 0.578. The molecule has 130 valence electrons. The zero-order valence-electron chi connectivity index (χ0n) is 13.5. The Bertz CT molecular complexity index is 1040. The molecule has 0 aliphatic heterocycles. The lowest BCUT2D eigenvalue weighted by atomic mass is 10.2. The van der Waals surface area contributed by atoms with E-state index in [9.17, 15) is 4.39 Å².